The summed E-state index contributed by atoms with van der Waals surface area (Å²) in [5.74, 6) is 0.314. The van der Waals surface area contributed by atoms with Crippen molar-refractivity contribution in [1.82, 2.24) is 10.2 Å². The first-order valence-electron chi connectivity index (χ1n) is 7.94. The molecular weight excluding hydrogens is 324 g/mol. The number of nitrogens with one attached hydrogen (secondary N) is 1. The summed E-state index contributed by atoms with van der Waals surface area (Å²) in [6.45, 7) is 6.61. The lowest BCUT2D eigenvalue weighted by Gasteiger charge is -2.24. The van der Waals surface area contributed by atoms with Crippen LogP contribution in [0.3, 0.4) is 0 Å². The minimum atomic E-state index is -1.27. The van der Waals surface area contributed by atoms with Crippen LogP contribution in [0, 0.1) is 5.41 Å². The van der Waals surface area contributed by atoms with Crippen molar-refractivity contribution in [2.45, 2.75) is 33.2 Å². The molecule has 0 aromatic heterocycles. The lowest BCUT2D eigenvalue weighted by atomic mass is 9.89. The zero-order valence-electron chi connectivity index (χ0n) is 15.4. The number of hydrogen-bond acceptors (Lipinski definition) is 5. The largest absolute Gasteiger partial charge is 0.493 e. The molecule has 1 saturated heterocycles. The predicted molar refractivity (Wildman–Crippen MR) is 91.6 cm³/mol. The lowest BCUT2D eigenvalue weighted by molar-refractivity contribution is -0.136. The molecule has 3 amide bonds. The van der Waals surface area contributed by atoms with Crippen LogP contribution in [0.5, 0.6) is 11.5 Å². The summed E-state index contributed by atoms with van der Waals surface area (Å²) in [5.41, 5.74) is -1.35. The second-order valence-electron chi connectivity index (χ2n) is 7.19. The number of hydrogen-bond donors (Lipinski definition) is 1. The molecule has 7 nitrogen and oxygen atoms in total. The Morgan fingerprint density at radius 2 is 1.76 bits per heavy atom. The summed E-state index contributed by atoms with van der Waals surface area (Å²) >= 11 is 0. The van der Waals surface area contributed by atoms with Crippen molar-refractivity contribution in [2.75, 3.05) is 20.8 Å². The highest BCUT2D eigenvalue weighted by Crippen LogP contribution is 2.35. The lowest BCUT2D eigenvalue weighted by Crippen LogP contribution is -2.42. The van der Waals surface area contributed by atoms with Crippen LogP contribution in [0.4, 0.5) is 4.79 Å². The van der Waals surface area contributed by atoms with Crippen LogP contribution in [0.1, 0.15) is 33.3 Å². The Hall–Kier alpha value is -2.57. The number of urea groups is 1. The van der Waals surface area contributed by atoms with Crippen molar-refractivity contribution in [3.63, 3.8) is 0 Å². The van der Waals surface area contributed by atoms with Gasteiger partial charge in [0.25, 0.3) is 5.91 Å². The molecule has 7 heteroatoms. The van der Waals surface area contributed by atoms with Crippen LogP contribution in [0.2, 0.25) is 0 Å². The highest BCUT2D eigenvalue weighted by molar-refractivity contribution is 6.09. The summed E-state index contributed by atoms with van der Waals surface area (Å²) in [7, 11) is 3.01. The van der Waals surface area contributed by atoms with Crippen molar-refractivity contribution >= 4 is 17.7 Å². The Morgan fingerprint density at radius 3 is 2.28 bits per heavy atom. The van der Waals surface area contributed by atoms with E-state index in [4.69, 9.17) is 9.47 Å². The molecule has 0 bridgehead atoms. The first-order valence-corrected chi connectivity index (χ1v) is 7.94. The number of ketones is 1. The molecule has 0 aliphatic carbocycles. The second-order valence-corrected chi connectivity index (χ2v) is 7.19. The molecular formula is C18H24N2O5. The van der Waals surface area contributed by atoms with Gasteiger partial charge in [-0.3, -0.25) is 14.5 Å². The number of Topliss-reactive ketones (excluding diaryl/α,β-unsaturated/α-hetero) is 1. The maximum atomic E-state index is 12.9. The Morgan fingerprint density at radius 1 is 1.16 bits per heavy atom. The third-order valence-corrected chi connectivity index (χ3v) is 4.37. The minimum absolute atomic E-state index is 0.187. The number of carbonyl (C=O) groups is 3. The molecule has 1 N–H and O–H groups in total. The van der Waals surface area contributed by atoms with Crippen molar-refractivity contribution in [3.8, 4) is 11.5 Å². The number of amides is 3. The first kappa shape index (κ1) is 18.8. The molecule has 2 rings (SSSR count). The zero-order chi connectivity index (χ0) is 19.0. The summed E-state index contributed by atoms with van der Waals surface area (Å²) in [6, 6.07) is 4.42. The quantitative estimate of drug-likeness (QED) is 0.824. The Labute approximate surface area is 147 Å². The minimum Gasteiger partial charge on any atom is -0.493 e. The number of nitrogens with zero attached hydrogens (tertiary/aromatic N) is 1. The fourth-order valence-electron chi connectivity index (χ4n) is 2.56. The monoisotopic (exact) mass is 348 g/mol. The molecule has 0 spiro atoms. The highest BCUT2D eigenvalue weighted by atomic mass is 16.5. The van der Waals surface area contributed by atoms with Crippen LogP contribution in [-0.2, 0) is 15.1 Å². The molecule has 1 fully saturated rings. The van der Waals surface area contributed by atoms with Gasteiger partial charge in [-0.1, -0.05) is 26.8 Å². The van der Waals surface area contributed by atoms with E-state index >= 15 is 0 Å². The van der Waals surface area contributed by atoms with Crippen LogP contribution in [0.25, 0.3) is 0 Å². The molecule has 0 radical (unpaired) electrons. The van der Waals surface area contributed by atoms with Crippen LogP contribution in [0.15, 0.2) is 18.2 Å². The van der Waals surface area contributed by atoms with Gasteiger partial charge in [0.2, 0.25) is 0 Å². The molecule has 25 heavy (non-hydrogen) atoms. The van der Waals surface area contributed by atoms with Crippen LogP contribution in [-0.4, -0.2) is 43.4 Å². The summed E-state index contributed by atoms with van der Waals surface area (Å²) in [6.07, 6.45) is 0. The number of methoxy groups -OCH3 is 2. The molecule has 1 heterocycles. The van der Waals surface area contributed by atoms with E-state index in [1.807, 2.05) is 0 Å². The number of benzene rings is 1. The number of imide groups is 1. The molecule has 1 atom stereocenters. The molecule has 0 saturated carbocycles. The summed E-state index contributed by atoms with van der Waals surface area (Å²) < 4.78 is 10.5. The molecule has 136 valence electrons. The molecule has 1 aliphatic heterocycles. The van der Waals surface area contributed by atoms with Gasteiger partial charge in [0.1, 0.15) is 5.54 Å². The predicted octanol–water partition coefficient (Wildman–Crippen LogP) is 2.09. The van der Waals surface area contributed by atoms with E-state index in [1.54, 1.807) is 45.9 Å². The Kier molecular flexibility index (Phi) is 4.79. The van der Waals surface area contributed by atoms with Gasteiger partial charge in [-0.2, -0.15) is 0 Å². The number of rotatable bonds is 5. The van der Waals surface area contributed by atoms with E-state index < -0.39 is 22.9 Å². The third kappa shape index (κ3) is 3.31. The summed E-state index contributed by atoms with van der Waals surface area (Å²) in [5, 5.41) is 2.68. The van der Waals surface area contributed by atoms with E-state index in [2.05, 4.69) is 5.32 Å². The second kappa shape index (κ2) is 6.38. The Balaban J connectivity index is 2.35. The van der Waals surface area contributed by atoms with E-state index in [1.165, 1.54) is 14.2 Å². The van der Waals surface area contributed by atoms with Gasteiger partial charge in [-0.15, -0.1) is 0 Å². The maximum absolute atomic E-state index is 12.9. The average molecular weight is 348 g/mol. The molecule has 1 aliphatic rings. The van der Waals surface area contributed by atoms with Crippen LogP contribution < -0.4 is 14.8 Å². The van der Waals surface area contributed by atoms with E-state index in [-0.39, 0.29) is 12.3 Å². The number of ether oxygens (including phenoxy) is 2. The molecule has 1 unspecified atom stereocenters. The van der Waals surface area contributed by atoms with Crippen molar-refractivity contribution in [3.05, 3.63) is 23.8 Å². The maximum Gasteiger partial charge on any atom is 0.325 e. The van der Waals surface area contributed by atoms with Crippen molar-refractivity contribution in [2.24, 2.45) is 5.41 Å². The van der Waals surface area contributed by atoms with Crippen molar-refractivity contribution in [1.29, 1.82) is 0 Å². The normalized spacial score (nSPS) is 20.5. The smallest absolute Gasteiger partial charge is 0.325 e. The average Bonchev–Trinajstić information content (AvgIpc) is 2.77. The molecule has 1 aromatic carbocycles. The van der Waals surface area contributed by atoms with Gasteiger partial charge in [-0.25, -0.2) is 4.79 Å². The highest BCUT2D eigenvalue weighted by Gasteiger charge is 2.50. The van der Waals surface area contributed by atoms with E-state index in [0.717, 1.165) is 4.90 Å². The zero-order valence-corrected chi connectivity index (χ0v) is 15.4. The number of carbonyl (C=O) groups excluding carboxylic acids is 3. The first-order chi connectivity index (χ1) is 11.5. The Bertz CT molecular complexity index is 723. The van der Waals surface area contributed by atoms with Crippen LogP contribution >= 0.6 is 0 Å². The van der Waals surface area contributed by atoms with Gasteiger partial charge in [0.05, 0.1) is 20.8 Å². The third-order valence-electron chi connectivity index (χ3n) is 4.37. The SMILES string of the molecule is COc1ccc(C2(C)NC(=O)N(CC(=O)C(C)(C)C)C2=O)cc1OC. The molecule has 1 aromatic rings. The van der Waals surface area contributed by atoms with Gasteiger partial charge in [0, 0.05) is 5.41 Å². The van der Waals surface area contributed by atoms with Gasteiger partial charge >= 0.3 is 6.03 Å². The van der Waals surface area contributed by atoms with Crippen molar-refractivity contribution < 1.29 is 23.9 Å². The fraction of sp³-hybridized carbons (Fsp3) is 0.500. The standard InChI is InChI=1S/C18H24N2O5/c1-17(2,3)14(21)10-20-15(22)18(4,19-16(20)23)11-7-8-12(24-5)13(9-11)25-6/h7-9H,10H2,1-6H3,(H,19,23). The van der Waals surface area contributed by atoms with Gasteiger partial charge in [0.15, 0.2) is 17.3 Å². The fourth-order valence-corrected chi connectivity index (χ4v) is 2.56. The van der Waals surface area contributed by atoms with E-state index in [9.17, 15) is 14.4 Å². The van der Waals surface area contributed by atoms with Gasteiger partial charge in [-0.05, 0) is 24.6 Å². The van der Waals surface area contributed by atoms with Gasteiger partial charge < -0.3 is 14.8 Å². The topological polar surface area (TPSA) is 84.9 Å². The van der Waals surface area contributed by atoms with E-state index in [0.29, 0.717) is 17.1 Å². The summed E-state index contributed by atoms with van der Waals surface area (Å²) in [4.78, 5) is 38.4.